The normalized spacial score (nSPS) is 11.7. The van der Waals surface area contributed by atoms with Gasteiger partial charge in [0.1, 0.15) is 0 Å². The molecular weight excluding hydrogens is 699 g/mol. The zero-order valence-corrected chi connectivity index (χ0v) is 38.1. The lowest BCUT2D eigenvalue weighted by atomic mass is 10.1. The number of hydroxylamine groups is 4. The van der Waals surface area contributed by atoms with Crippen molar-refractivity contribution in [1.29, 1.82) is 0 Å². The molecule has 0 bridgehead atoms. The van der Waals surface area contributed by atoms with Crippen LogP contribution in [0.15, 0.2) is 0 Å². The van der Waals surface area contributed by atoms with Gasteiger partial charge in [0, 0.05) is 45.6 Å². The Kier molecular flexibility index (Phi) is 43.9. The average molecular weight is 796 g/mol. The molecule has 0 aliphatic carbocycles. The summed E-state index contributed by atoms with van der Waals surface area (Å²) in [5, 5.41) is 13.2. The summed E-state index contributed by atoms with van der Waals surface area (Å²) >= 11 is 0. The SMILES string of the molecule is CCCCCCN(CCCCCC)OC(=O)CCCCCCCCCN(CCCCO)CCCCCCCCCC(=O)ON(CCCCCC)CCCCCC. The smallest absolute Gasteiger partial charge is 0.325 e. The first-order valence-corrected chi connectivity index (χ1v) is 24.7. The lowest BCUT2D eigenvalue weighted by Crippen LogP contribution is -2.29. The predicted octanol–water partition coefficient (Wildman–Crippen LogP) is 13.1. The van der Waals surface area contributed by atoms with Crippen LogP contribution >= 0.6 is 0 Å². The number of aliphatic hydroxyl groups excluding tert-OH is 1. The fourth-order valence-corrected chi connectivity index (χ4v) is 7.41. The summed E-state index contributed by atoms with van der Waals surface area (Å²) in [7, 11) is 0. The molecule has 0 aliphatic heterocycles. The molecule has 0 spiro atoms. The van der Waals surface area contributed by atoms with Crippen molar-refractivity contribution < 1.29 is 24.4 Å². The quantitative estimate of drug-likeness (QED) is 0.0482. The molecule has 8 nitrogen and oxygen atoms in total. The monoisotopic (exact) mass is 796 g/mol. The van der Waals surface area contributed by atoms with Gasteiger partial charge < -0.3 is 19.7 Å². The van der Waals surface area contributed by atoms with Gasteiger partial charge in [-0.2, -0.15) is 0 Å². The predicted molar refractivity (Wildman–Crippen MR) is 239 cm³/mol. The molecule has 0 amide bonds. The van der Waals surface area contributed by atoms with Gasteiger partial charge in [0.05, 0.1) is 0 Å². The number of carbonyl (C=O) groups excluding carboxylic acids is 2. The van der Waals surface area contributed by atoms with Crippen molar-refractivity contribution in [3.05, 3.63) is 0 Å². The van der Waals surface area contributed by atoms with Crippen LogP contribution in [0.3, 0.4) is 0 Å². The Balaban J connectivity index is 4.09. The molecule has 334 valence electrons. The van der Waals surface area contributed by atoms with Crippen LogP contribution in [0.25, 0.3) is 0 Å². The van der Waals surface area contributed by atoms with Gasteiger partial charge in [0.15, 0.2) is 0 Å². The van der Waals surface area contributed by atoms with Crippen LogP contribution in [-0.4, -0.2) is 84.5 Å². The topological polar surface area (TPSA) is 82.6 Å². The Labute approximate surface area is 348 Å². The van der Waals surface area contributed by atoms with Crippen LogP contribution in [0.5, 0.6) is 0 Å². The second-order valence-corrected chi connectivity index (χ2v) is 16.7. The number of unbranched alkanes of at least 4 members (excludes halogenated alkanes) is 25. The fraction of sp³-hybridized carbons (Fsp3) is 0.958. The number of hydrogen-bond acceptors (Lipinski definition) is 8. The molecule has 0 unspecified atom stereocenters. The highest BCUT2D eigenvalue weighted by molar-refractivity contribution is 5.69. The van der Waals surface area contributed by atoms with Crippen LogP contribution in [0, 0.1) is 0 Å². The minimum absolute atomic E-state index is 0.0465. The van der Waals surface area contributed by atoms with E-state index in [-0.39, 0.29) is 18.5 Å². The molecule has 8 heteroatoms. The molecule has 0 saturated heterocycles. The standard InChI is InChI=1S/C48H97N3O5/c1-5-9-13-31-42-50(43-32-14-10-6-2)55-47(53)37-27-23-19-17-21-25-29-39-49(41-35-36-46-52)40-30-26-22-18-20-24-28-38-48(54)56-51(44-33-15-11-7-3)45-34-16-12-8-4/h52H,5-46H2,1-4H3. The molecule has 0 rings (SSSR count). The van der Waals surface area contributed by atoms with Crippen molar-refractivity contribution in [3.63, 3.8) is 0 Å². The lowest BCUT2D eigenvalue weighted by Gasteiger charge is -2.22. The Hall–Kier alpha value is -1.22. The minimum Gasteiger partial charge on any atom is -0.396 e. The van der Waals surface area contributed by atoms with E-state index in [1.54, 1.807) is 0 Å². The second-order valence-electron chi connectivity index (χ2n) is 16.7. The Morgan fingerprint density at radius 1 is 0.339 bits per heavy atom. The summed E-state index contributed by atoms with van der Waals surface area (Å²) in [6, 6.07) is 0. The van der Waals surface area contributed by atoms with Gasteiger partial charge in [0.2, 0.25) is 0 Å². The first-order chi connectivity index (χ1) is 27.5. The molecule has 0 aromatic carbocycles. The average Bonchev–Trinajstić information content (AvgIpc) is 3.19. The van der Waals surface area contributed by atoms with Crippen LogP contribution in [0.1, 0.15) is 246 Å². The summed E-state index contributed by atoms with van der Waals surface area (Å²) in [5.41, 5.74) is 0. The van der Waals surface area contributed by atoms with Crippen molar-refractivity contribution in [1.82, 2.24) is 15.0 Å². The lowest BCUT2D eigenvalue weighted by molar-refractivity contribution is -0.192. The molecule has 0 aliphatic rings. The summed E-state index contributed by atoms with van der Waals surface area (Å²) in [4.78, 5) is 39.3. The minimum atomic E-state index is -0.0465. The third kappa shape index (κ3) is 39.6. The summed E-state index contributed by atoms with van der Waals surface area (Å²) in [6.45, 7) is 16.1. The van der Waals surface area contributed by atoms with Crippen molar-refractivity contribution in [2.24, 2.45) is 0 Å². The first-order valence-electron chi connectivity index (χ1n) is 24.7. The molecule has 0 heterocycles. The molecule has 0 saturated carbocycles. The van der Waals surface area contributed by atoms with Crippen molar-refractivity contribution in [2.75, 3.05) is 52.4 Å². The van der Waals surface area contributed by atoms with Gasteiger partial charge in [-0.3, -0.25) is 9.59 Å². The van der Waals surface area contributed by atoms with E-state index in [4.69, 9.17) is 9.68 Å². The van der Waals surface area contributed by atoms with Crippen molar-refractivity contribution in [3.8, 4) is 0 Å². The molecule has 0 aromatic rings. The maximum absolute atomic E-state index is 12.5. The zero-order valence-electron chi connectivity index (χ0n) is 38.1. The van der Waals surface area contributed by atoms with E-state index in [0.29, 0.717) is 12.8 Å². The number of hydrogen-bond donors (Lipinski definition) is 1. The van der Waals surface area contributed by atoms with E-state index in [1.165, 1.54) is 141 Å². The maximum Gasteiger partial charge on any atom is 0.325 e. The Morgan fingerprint density at radius 2 is 0.589 bits per heavy atom. The third-order valence-electron chi connectivity index (χ3n) is 11.1. The molecule has 0 radical (unpaired) electrons. The van der Waals surface area contributed by atoms with Gasteiger partial charge in [-0.1, -0.05) is 169 Å². The highest BCUT2D eigenvalue weighted by Gasteiger charge is 2.13. The Bertz CT molecular complexity index is 732. The summed E-state index contributed by atoms with van der Waals surface area (Å²) in [6.07, 6.45) is 38.8. The molecule has 0 fully saturated rings. The zero-order chi connectivity index (χ0) is 41.0. The highest BCUT2D eigenvalue weighted by Crippen LogP contribution is 2.14. The van der Waals surface area contributed by atoms with Crippen molar-refractivity contribution >= 4 is 11.9 Å². The van der Waals surface area contributed by atoms with Crippen molar-refractivity contribution in [2.45, 2.75) is 246 Å². The maximum atomic E-state index is 12.5. The largest absolute Gasteiger partial charge is 0.396 e. The van der Waals surface area contributed by atoms with Crippen LogP contribution in [-0.2, 0) is 19.3 Å². The van der Waals surface area contributed by atoms with E-state index in [1.807, 2.05) is 10.1 Å². The van der Waals surface area contributed by atoms with E-state index in [2.05, 4.69) is 32.6 Å². The number of rotatable bonds is 46. The van der Waals surface area contributed by atoms with E-state index >= 15 is 0 Å². The van der Waals surface area contributed by atoms with Crippen LogP contribution in [0.2, 0.25) is 0 Å². The number of nitrogens with zero attached hydrogens (tertiary/aromatic N) is 3. The van der Waals surface area contributed by atoms with E-state index < -0.39 is 0 Å². The first kappa shape index (κ1) is 54.8. The summed E-state index contributed by atoms with van der Waals surface area (Å²) in [5.74, 6) is -0.0931. The van der Waals surface area contributed by atoms with E-state index in [9.17, 15) is 14.7 Å². The van der Waals surface area contributed by atoms with Gasteiger partial charge in [-0.05, 0) is 83.8 Å². The van der Waals surface area contributed by atoms with Gasteiger partial charge in [-0.15, -0.1) is 10.1 Å². The number of carbonyl (C=O) groups is 2. The third-order valence-corrected chi connectivity index (χ3v) is 11.1. The Morgan fingerprint density at radius 3 is 0.893 bits per heavy atom. The van der Waals surface area contributed by atoms with Gasteiger partial charge in [0.25, 0.3) is 0 Å². The molecular formula is C48H97N3O5. The van der Waals surface area contributed by atoms with Crippen LogP contribution in [0.4, 0.5) is 0 Å². The van der Waals surface area contributed by atoms with E-state index in [0.717, 1.165) is 110 Å². The van der Waals surface area contributed by atoms with Gasteiger partial charge >= 0.3 is 11.9 Å². The highest BCUT2D eigenvalue weighted by atomic mass is 16.7. The fourth-order valence-electron chi connectivity index (χ4n) is 7.41. The molecule has 0 atom stereocenters. The summed E-state index contributed by atoms with van der Waals surface area (Å²) < 4.78 is 0. The molecule has 0 aromatic heterocycles. The van der Waals surface area contributed by atoms with Gasteiger partial charge in [-0.25, -0.2) is 0 Å². The second kappa shape index (κ2) is 44.9. The molecule has 56 heavy (non-hydrogen) atoms. The molecule has 1 N–H and O–H groups in total. The van der Waals surface area contributed by atoms with Crippen LogP contribution < -0.4 is 0 Å². The number of aliphatic hydroxyl groups is 1.